The summed E-state index contributed by atoms with van der Waals surface area (Å²) in [7, 11) is 0. The summed E-state index contributed by atoms with van der Waals surface area (Å²) in [6, 6.07) is 4.88. The summed E-state index contributed by atoms with van der Waals surface area (Å²) in [5, 5.41) is 0.272. The van der Waals surface area contributed by atoms with E-state index in [-0.39, 0.29) is 17.1 Å². The minimum absolute atomic E-state index is 0.161. The van der Waals surface area contributed by atoms with Gasteiger partial charge in [-0.2, -0.15) is 0 Å². The molecule has 6 nitrogen and oxygen atoms in total. The van der Waals surface area contributed by atoms with Crippen molar-refractivity contribution in [2.45, 2.75) is 11.8 Å². The molecule has 1 aromatic carbocycles. The number of carbonyl (C=O) groups is 1. The summed E-state index contributed by atoms with van der Waals surface area (Å²) in [5.41, 5.74) is -0.293. The number of esters is 1. The van der Waals surface area contributed by atoms with Crippen LogP contribution in [0.15, 0.2) is 37.1 Å². The predicted molar refractivity (Wildman–Crippen MR) is 70.5 cm³/mol. The minimum Gasteiger partial charge on any atom is -0.465 e. The smallest absolute Gasteiger partial charge is 0.419 e. The van der Waals surface area contributed by atoms with Gasteiger partial charge in [-0.25, -0.2) is 9.59 Å². The fraction of sp³-hybridized carbons (Fsp3) is 0.250. The molecule has 0 radical (unpaired) electrons. The van der Waals surface area contributed by atoms with Crippen LogP contribution in [0.4, 0.5) is 0 Å². The van der Waals surface area contributed by atoms with Gasteiger partial charge in [0.25, 0.3) is 0 Å². The highest BCUT2D eigenvalue weighted by Crippen LogP contribution is 2.20. The van der Waals surface area contributed by atoms with Gasteiger partial charge in [0.1, 0.15) is 0 Å². The Bertz CT molecular complexity index is 718. The van der Waals surface area contributed by atoms with Gasteiger partial charge < -0.3 is 9.15 Å². The molecule has 7 heteroatoms. The quantitative estimate of drug-likeness (QED) is 0.667. The van der Waals surface area contributed by atoms with Crippen LogP contribution in [-0.2, 0) is 9.53 Å². The van der Waals surface area contributed by atoms with E-state index in [0.717, 1.165) is 4.90 Å². The molecule has 0 atom stereocenters. The van der Waals surface area contributed by atoms with Gasteiger partial charge in [0, 0.05) is 4.90 Å². The molecular formula is C12H11NO5S. The monoisotopic (exact) mass is 281 g/mol. The Morgan fingerprint density at radius 1 is 1.42 bits per heavy atom. The van der Waals surface area contributed by atoms with Crippen LogP contribution in [0.5, 0.6) is 0 Å². The lowest BCUT2D eigenvalue weighted by atomic mass is 10.2. The summed E-state index contributed by atoms with van der Waals surface area (Å²) in [5.74, 6) is -0.945. The third kappa shape index (κ3) is 3.25. The van der Waals surface area contributed by atoms with Gasteiger partial charge in [-0.3, -0.25) is 9.78 Å². The Morgan fingerprint density at radius 2 is 2.21 bits per heavy atom. The van der Waals surface area contributed by atoms with E-state index in [0.29, 0.717) is 12.1 Å². The largest absolute Gasteiger partial charge is 0.465 e. The van der Waals surface area contributed by atoms with Gasteiger partial charge in [-0.1, -0.05) is 0 Å². The number of benzene rings is 1. The van der Waals surface area contributed by atoms with E-state index in [1.54, 1.807) is 25.1 Å². The molecule has 0 unspecified atom stereocenters. The molecule has 1 heterocycles. The second-order valence-corrected chi connectivity index (χ2v) is 4.65. The summed E-state index contributed by atoms with van der Waals surface area (Å²) in [6.07, 6.45) is 0. The maximum atomic E-state index is 11.5. The normalized spacial score (nSPS) is 10.6. The number of carbonyl (C=O) groups excluding carboxylic acids is 1. The van der Waals surface area contributed by atoms with Gasteiger partial charge >= 0.3 is 17.4 Å². The Morgan fingerprint density at radius 3 is 2.95 bits per heavy atom. The van der Waals surface area contributed by atoms with Gasteiger partial charge in [0.15, 0.2) is 0 Å². The first-order chi connectivity index (χ1) is 9.10. The average Bonchev–Trinajstić information content (AvgIpc) is 2.37. The molecule has 0 aliphatic carbocycles. The van der Waals surface area contributed by atoms with Crippen LogP contribution in [0.1, 0.15) is 6.92 Å². The lowest BCUT2D eigenvalue weighted by Crippen LogP contribution is -2.14. The third-order valence-electron chi connectivity index (χ3n) is 2.30. The molecule has 19 heavy (non-hydrogen) atoms. The van der Waals surface area contributed by atoms with Crippen LogP contribution in [0.25, 0.3) is 10.9 Å². The molecule has 0 saturated carbocycles. The van der Waals surface area contributed by atoms with E-state index in [4.69, 9.17) is 4.74 Å². The van der Waals surface area contributed by atoms with Crippen LogP contribution in [0.3, 0.4) is 0 Å². The van der Waals surface area contributed by atoms with E-state index >= 15 is 0 Å². The predicted octanol–water partition coefficient (Wildman–Crippen LogP) is 1.14. The van der Waals surface area contributed by atoms with E-state index in [9.17, 15) is 14.4 Å². The molecule has 2 aromatic rings. The molecule has 2 rings (SSSR count). The van der Waals surface area contributed by atoms with Crippen LogP contribution in [0, 0.1) is 0 Å². The number of ether oxygens (including phenoxy) is 1. The van der Waals surface area contributed by atoms with Crippen molar-refractivity contribution < 1.29 is 13.9 Å². The van der Waals surface area contributed by atoms with Crippen LogP contribution >= 0.6 is 11.8 Å². The number of H-pyrrole nitrogens is 1. The minimum atomic E-state index is -0.788. The van der Waals surface area contributed by atoms with Crippen molar-refractivity contribution in [2.75, 3.05) is 12.4 Å². The number of hydrogen-bond acceptors (Lipinski definition) is 6. The number of hydrogen-bond donors (Lipinski definition) is 1. The zero-order chi connectivity index (χ0) is 13.8. The molecule has 0 bridgehead atoms. The molecular weight excluding hydrogens is 270 g/mol. The molecule has 0 aliphatic heterocycles. The van der Waals surface area contributed by atoms with Crippen LogP contribution < -0.4 is 11.4 Å². The molecule has 1 N–H and O–H groups in total. The fourth-order valence-electron chi connectivity index (χ4n) is 1.51. The Hall–Kier alpha value is -2.02. The number of aromatic nitrogens is 1. The highest BCUT2D eigenvalue weighted by molar-refractivity contribution is 8.00. The molecule has 0 aliphatic rings. The lowest BCUT2D eigenvalue weighted by Gasteiger charge is -2.03. The average molecular weight is 281 g/mol. The molecule has 1 aromatic heterocycles. The van der Waals surface area contributed by atoms with Crippen molar-refractivity contribution in [3.05, 3.63) is 39.2 Å². The Kier molecular flexibility index (Phi) is 4.06. The number of thioether (sulfide) groups is 1. The van der Waals surface area contributed by atoms with Crippen molar-refractivity contribution in [3.8, 4) is 0 Å². The molecule has 100 valence electrons. The van der Waals surface area contributed by atoms with Gasteiger partial charge in [0.05, 0.1) is 23.3 Å². The second kappa shape index (κ2) is 5.75. The van der Waals surface area contributed by atoms with Crippen molar-refractivity contribution in [1.29, 1.82) is 0 Å². The maximum absolute atomic E-state index is 11.5. The summed E-state index contributed by atoms with van der Waals surface area (Å²) < 4.78 is 9.25. The zero-order valence-electron chi connectivity index (χ0n) is 10.1. The maximum Gasteiger partial charge on any atom is 0.419 e. The van der Waals surface area contributed by atoms with Gasteiger partial charge in [-0.15, -0.1) is 11.8 Å². The molecule has 0 amide bonds. The first-order valence-electron chi connectivity index (χ1n) is 5.55. The highest BCUT2D eigenvalue weighted by atomic mass is 32.2. The first kappa shape index (κ1) is 13.4. The van der Waals surface area contributed by atoms with Crippen molar-refractivity contribution in [3.63, 3.8) is 0 Å². The van der Waals surface area contributed by atoms with Gasteiger partial charge in [-0.05, 0) is 25.1 Å². The van der Waals surface area contributed by atoms with Crippen LogP contribution in [0.2, 0.25) is 0 Å². The number of nitrogens with one attached hydrogen (secondary N) is 1. The van der Waals surface area contributed by atoms with Crippen LogP contribution in [-0.4, -0.2) is 23.3 Å². The zero-order valence-corrected chi connectivity index (χ0v) is 10.9. The van der Waals surface area contributed by atoms with Crippen molar-refractivity contribution in [2.24, 2.45) is 0 Å². The summed E-state index contributed by atoms with van der Waals surface area (Å²) in [6.45, 7) is 2.07. The second-order valence-electron chi connectivity index (χ2n) is 3.60. The number of fused-ring (bicyclic) bond motifs is 1. The topological polar surface area (TPSA) is 89.4 Å². The summed E-state index contributed by atoms with van der Waals surface area (Å²) in [4.78, 5) is 36.9. The highest BCUT2D eigenvalue weighted by Gasteiger charge is 2.07. The van der Waals surface area contributed by atoms with E-state index in [1.165, 1.54) is 11.8 Å². The number of aromatic amines is 1. The Labute approximate surface area is 111 Å². The van der Waals surface area contributed by atoms with E-state index in [1.807, 2.05) is 0 Å². The standard InChI is InChI=1S/C12H11NO5S/c1-2-17-10(14)6-19-7-3-4-9-8(5-7)11(15)18-12(16)13-9/h3-5H,2,6H2,1H3,(H,13,16). The Balaban J connectivity index is 2.25. The molecule has 0 saturated heterocycles. The third-order valence-corrected chi connectivity index (χ3v) is 3.26. The van der Waals surface area contributed by atoms with E-state index in [2.05, 4.69) is 9.40 Å². The summed E-state index contributed by atoms with van der Waals surface area (Å²) >= 11 is 1.25. The lowest BCUT2D eigenvalue weighted by molar-refractivity contribution is -0.139. The van der Waals surface area contributed by atoms with Crippen molar-refractivity contribution >= 4 is 28.6 Å². The van der Waals surface area contributed by atoms with E-state index < -0.39 is 11.4 Å². The number of rotatable bonds is 4. The first-order valence-corrected chi connectivity index (χ1v) is 6.54. The fourth-order valence-corrected chi connectivity index (χ4v) is 2.24. The SMILES string of the molecule is CCOC(=O)CSc1ccc2[nH]c(=O)oc(=O)c2c1. The molecule has 0 spiro atoms. The van der Waals surface area contributed by atoms with Crippen molar-refractivity contribution in [1.82, 2.24) is 4.98 Å². The molecule has 0 fully saturated rings. The van der Waals surface area contributed by atoms with Gasteiger partial charge in [0.2, 0.25) is 0 Å².